The summed E-state index contributed by atoms with van der Waals surface area (Å²) in [5.41, 5.74) is 9.51. The van der Waals surface area contributed by atoms with E-state index < -0.39 is 5.41 Å². The smallest absolute Gasteiger partial charge is 0.132 e. The van der Waals surface area contributed by atoms with Gasteiger partial charge in [0, 0.05) is 11.1 Å². The summed E-state index contributed by atoms with van der Waals surface area (Å²) in [7, 11) is 0. The zero-order valence-corrected chi connectivity index (χ0v) is 26.1. The second-order valence-corrected chi connectivity index (χ2v) is 13.2. The Morgan fingerprint density at radius 2 is 0.854 bits per heavy atom. The number of para-hydroxylation sites is 2. The van der Waals surface area contributed by atoms with Gasteiger partial charge in [0.15, 0.2) is 0 Å². The van der Waals surface area contributed by atoms with Crippen LogP contribution in [-0.2, 0) is 5.41 Å². The van der Waals surface area contributed by atoms with E-state index in [-0.39, 0.29) is 0 Å². The van der Waals surface area contributed by atoms with E-state index in [4.69, 9.17) is 4.74 Å². The molecule has 1 heterocycles. The third-order valence-electron chi connectivity index (χ3n) is 10.9. The predicted molar refractivity (Wildman–Crippen MR) is 199 cm³/mol. The van der Waals surface area contributed by atoms with Crippen molar-refractivity contribution < 1.29 is 4.74 Å². The summed E-state index contributed by atoms with van der Waals surface area (Å²) >= 11 is 0. The molecule has 1 heteroatoms. The second-order valence-electron chi connectivity index (χ2n) is 13.2. The molecule has 0 unspecified atom stereocenters. The summed E-state index contributed by atoms with van der Waals surface area (Å²) in [5.74, 6) is 1.83. The first kappa shape index (κ1) is 25.9. The number of fused-ring (bicyclic) bond motifs is 17. The van der Waals surface area contributed by atoms with Crippen LogP contribution >= 0.6 is 0 Å². The molecule has 9 aromatic carbocycles. The quantitative estimate of drug-likeness (QED) is 0.168. The fourth-order valence-corrected chi connectivity index (χ4v) is 8.93. The second kappa shape index (κ2) is 9.44. The highest BCUT2D eigenvalue weighted by molar-refractivity contribution is 6.25. The molecule has 0 bridgehead atoms. The lowest BCUT2D eigenvalue weighted by Gasteiger charge is -2.39. The first-order chi connectivity index (χ1) is 23.8. The van der Waals surface area contributed by atoms with Gasteiger partial charge in [0.25, 0.3) is 0 Å². The van der Waals surface area contributed by atoms with Crippen molar-refractivity contribution in [2.24, 2.45) is 0 Å². The van der Waals surface area contributed by atoms with E-state index in [1.54, 1.807) is 0 Å². The first-order valence-electron chi connectivity index (χ1n) is 16.7. The van der Waals surface area contributed by atoms with Gasteiger partial charge in [-0.25, -0.2) is 0 Å². The van der Waals surface area contributed by atoms with Crippen molar-refractivity contribution in [2.75, 3.05) is 0 Å². The lowest BCUT2D eigenvalue weighted by atomic mass is 9.66. The van der Waals surface area contributed by atoms with Crippen LogP contribution in [0.5, 0.6) is 11.5 Å². The van der Waals surface area contributed by atoms with Crippen LogP contribution in [0.25, 0.3) is 65.3 Å². The average molecular weight is 609 g/mol. The first-order valence-corrected chi connectivity index (χ1v) is 16.7. The number of ether oxygens (including phenoxy) is 1. The van der Waals surface area contributed by atoms with Gasteiger partial charge in [-0.3, -0.25) is 0 Å². The molecule has 0 radical (unpaired) electrons. The van der Waals surface area contributed by atoms with Crippen LogP contribution in [0.2, 0.25) is 0 Å². The van der Waals surface area contributed by atoms with E-state index in [1.165, 1.54) is 87.6 Å². The SMILES string of the molecule is c1ccc2c(c1)Oc1ccccc1C21c2cc(-c3ccc4c5ccccc5c5ccccc5c4c3)ccc2-c2c1ccc1ccccc21. The van der Waals surface area contributed by atoms with Gasteiger partial charge < -0.3 is 4.74 Å². The minimum atomic E-state index is -0.518. The molecule has 1 spiro atoms. The van der Waals surface area contributed by atoms with Crippen LogP contribution in [0.15, 0.2) is 170 Å². The van der Waals surface area contributed by atoms with Crippen molar-refractivity contribution in [3.8, 4) is 33.8 Å². The van der Waals surface area contributed by atoms with Crippen LogP contribution in [0.1, 0.15) is 22.3 Å². The third-order valence-corrected chi connectivity index (χ3v) is 10.9. The Kier molecular flexibility index (Phi) is 5.10. The zero-order valence-electron chi connectivity index (χ0n) is 26.1. The van der Waals surface area contributed by atoms with Gasteiger partial charge in [-0.1, -0.05) is 146 Å². The Balaban J connectivity index is 1.24. The van der Waals surface area contributed by atoms with Gasteiger partial charge >= 0.3 is 0 Å². The summed E-state index contributed by atoms with van der Waals surface area (Å²) < 4.78 is 6.62. The molecule has 1 aliphatic heterocycles. The van der Waals surface area contributed by atoms with E-state index in [0.29, 0.717) is 0 Å². The van der Waals surface area contributed by atoms with E-state index in [9.17, 15) is 0 Å². The van der Waals surface area contributed by atoms with Gasteiger partial charge in [-0.2, -0.15) is 0 Å². The van der Waals surface area contributed by atoms with Crippen molar-refractivity contribution in [3.05, 3.63) is 192 Å². The fourth-order valence-electron chi connectivity index (χ4n) is 8.93. The van der Waals surface area contributed by atoms with E-state index in [1.807, 2.05) is 0 Å². The van der Waals surface area contributed by atoms with E-state index in [2.05, 4.69) is 170 Å². The third kappa shape index (κ3) is 3.25. The number of benzene rings is 9. The van der Waals surface area contributed by atoms with E-state index >= 15 is 0 Å². The van der Waals surface area contributed by atoms with Crippen molar-refractivity contribution in [1.82, 2.24) is 0 Å². The fraction of sp³-hybridized carbons (Fsp3) is 0.0213. The van der Waals surface area contributed by atoms with Gasteiger partial charge in [-0.15, -0.1) is 0 Å². The summed E-state index contributed by atoms with van der Waals surface area (Å²) in [5, 5.41) is 10.3. The normalized spacial score (nSPS) is 13.8. The Morgan fingerprint density at radius 1 is 0.333 bits per heavy atom. The molecule has 48 heavy (non-hydrogen) atoms. The molecule has 0 saturated heterocycles. The van der Waals surface area contributed by atoms with Crippen LogP contribution in [0.3, 0.4) is 0 Å². The minimum Gasteiger partial charge on any atom is -0.457 e. The molecule has 0 amide bonds. The van der Waals surface area contributed by atoms with Crippen molar-refractivity contribution in [1.29, 1.82) is 0 Å². The molecule has 0 fully saturated rings. The summed E-state index contributed by atoms with van der Waals surface area (Å²) in [6.07, 6.45) is 0. The lowest BCUT2D eigenvalue weighted by molar-refractivity contribution is 0.436. The van der Waals surface area contributed by atoms with Crippen LogP contribution in [0.4, 0.5) is 0 Å². The monoisotopic (exact) mass is 608 g/mol. The highest BCUT2D eigenvalue weighted by atomic mass is 16.5. The van der Waals surface area contributed by atoms with Crippen LogP contribution < -0.4 is 4.74 Å². The van der Waals surface area contributed by atoms with E-state index in [0.717, 1.165) is 11.5 Å². The minimum absolute atomic E-state index is 0.518. The predicted octanol–water partition coefficient (Wildman–Crippen LogP) is 12.4. The Hall–Kier alpha value is -6.18. The van der Waals surface area contributed by atoms with Gasteiger partial charge in [-0.05, 0) is 101 Å². The molecular weight excluding hydrogens is 581 g/mol. The highest BCUT2D eigenvalue weighted by Gasteiger charge is 2.51. The number of rotatable bonds is 1. The molecule has 0 N–H and O–H groups in total. The molecule has 9 aromatic rings. The number of hydrogen-bond donors (Lipinski definition) is 0. The van der Waals surface area contributed by atoms with Crippen LogP contribution in [0, 0.1) is 0 Å². The molecule has 222 valence electrons. The molecule has 2 aliphatic rings. The lowest BCUT2D eigenvalue weighted by Crippen LogP contribution is -2.32. The molecule has 0 aromatic heterocycles. The Labute approximate surface area is 278 Å². The van der Waals surface area contributed by atoms with Gasteiger partial charge in [0.05, 0.1) is 5.41 Å². The highest BCUT2D eigenvalue weighted by Crippen LogP contribution is 2.63. The molecular formula is C47H28O. The van der Waals surface area contributed by atoms with Gasteiger partial charge in [0.2, 0.25) is 0 Å². The maximum absolute atomic E-state index is 6.62. The largest absolute Gasteiger partial charge is 0.457 e. The van der Waals surface area contributed by atoms with Crippen molar-refractivity contribution >= 4 is 43.1 Å². The van der Waals surface area contributed by atoms with Crippen molar-refractivity contribution in [3.63, 3.8) is 0 Å². The standard InChI is InChI=1S/C47H28O/c1-2-12-32-29(11-1)23-26-42-46(32)38-25-22-31(28-43(38)47(42)40-17-7-9-19-44(40)48-45-20-10-8-18-41(45)47)30-21-24-37-35-15-4-3-13-33(35)34-14-5-6-16-36(34)39(37)27-30/h1-28H. The zero-order chi connectivity index (χ0) is 31.4. The average Bonchev–Trinajstić information content (AvgIpc) is 3.45. The van der Waals surface area contributed by atoms with Crippen LogP contribution in [-0.4, -0.2) is 0 Å². The molecule has 1 aliphatic carbocycles. The van der Waals surface area contributed by atoms with Gasteiger partial charge in [0.1, 0.15) is 11.5 Å². The summed E-state index contributed by atoms with van der Waals surface area (Å²) in [4.78, 5) is 0. The molecule has 0 atom stereocenters. The summed E-state index contributed by atoms with van der Waals surface area (Å²) in [6, 6.07) is 62.5. The molecule has 0 saturated carbocycles. The Morgan fingerprint density at radius 3 is 1.54 bits per heavy atom. The molecule has 1 nitrogen and oxygen atoms in total. The summed E-state index contributed by atoms with van der Waals surface area (Å²) in [6.45, 7) is 0. The maximum atomic E-state index is 6.62. The Bertz CT molecular complexity index is 2740. The number of hydrogen-bond acceptors (Lipinski definition) is 1. The topological polar surface area (TPSA) is 9.23 Å². The van der Waals surface area contributed by atoms with Crippen molar-refractivity contribution in [2.45, 2.75) is 5.41 Å². The maximum Gasteiger partial charge on any atom is 0.132 e. The molecule has 11 rings (SSSR count).